The standard InChI is InChI=1S/C23H29N3O2/c1-23(2,3)19-9-11-20(12-10-19)25-22(28)24-14-18-13-21(27)26(16-18)15-17-7-5-4-6-8-17/h4-12,18H,13-16H2,1-3H3,(H2,24,25,28). The van der Waals surface area contributed by atoms with Crippen LogP contribution in [0.1, 0.15) is 38.3 Å². The molecule has 1 saturated heterocycles. The molecular weight excluding hydrogens is 350 g/mol. The topological polar surface area (TPSA) is 61.4 Å². The summed E-state index contributed by atoms with van der Waals surface area (Å²) in [5.74, 6) is 0.291. The zero-order chi connectivity index (χ0) is 20.1. The molecule has 1 aliphatic heterocycles. The lowest BCUT2D eigenvalue weighted by molar-refractivity contribution is -0.128. The minimum Gasteiger partial charge on any atom is -0.338 e. The number of carbonyl (C=O) groups excluding carboxylic acids is 2. The minimum atomic E-state index is -0.238. The van der Waals surface area contributed by atoms with E-state index in [2.05, 4.69) is 31.4 Å². The van der Waals surface area contributed by atoms with Gasteiger partial charge < -0.3 is 15.5 Å². The molecule has 3 amide bonds. The third kappa shape index (κ3) is 5.35. The molecule has 0 aromatic heterocycles. The predicted octanol–water partition coefficient (Wildman–Crippen LogP) is 4.15. The van der Waals surface area contributed by atoms with Crippen molar-refractivity contribution < 1.29 is 9.59 Å². The number of nitrogens with zero attached hydrogens (tertiary/aromatic N) is 1. The van der Waals surface area contributed by atoms with Crippen molar-refractivity contribution in [2.45, 2.75) is 39.2 Å². The number of benzene rings is 2. The van der Waals surface area contributed by atoms with Gasteiger partial charge in [0.25, 0.3) is 0 Å². The molecular formula is C23H29N3O2. The van der Waals surface area contributed by atoms with Gasteiger partial charge >= 0.3 is 6.03 Å². The van der Waals surface area contributed by atoms with Gasteiger partial charge in [-0.2, -0.15) is 0 Å². The van der Waals surface area contributed by atoms with Gasteiger partial charge in [0.15, 0.2) is 0 Å². The fourth-order valence-electron chi connectivity index (χ4n) is 3.41. The number of rotatable bonds is 5. The molecule has 0 spiro atoms. The highest BCUT2D eigenvalue weighted by Crippen LogP contribution is 2.23. The van der Waals surface area contributed by atoms with Crippen LogP contribution in [0.15, 0.2) is 54.6 Å². The van der Waals surface area contributed by atoms with Crippen molar-refractivity contribution in [3.8, 4) is 0 Å². The molecule has 2 N–H and O–H groups in total. The van der Waals surface area contributed by atoms with E-state index in [1.807, 2.05) is 59.5 Å². The SMILES string of the molecule is CC(C)(C)c1ccc(NC(=O)NCC2CC(=O)N(Cc3ccccc3)C2)cc1. The number of carbonyl (C=O) groups is 2. The van der Waals surface area contributed by atoms with Crippen LogP contribution in [0.2, 0.25) is 0 Å². The second kappa shape index (κ2) is 8.46. The summed E-state index contributed by atoms with van der Waals surface area (Å²) in [7, 11) is 0. The number of amides is 3. The molecule has 0 aliphatic carbocycles. The molecule has 148 valence electrons. The molecule has 5 nitrogen and oxygen atoms in total. The molecule has 1 atom stereocenters. The summed E-state index contributed by atoms with van der Waals surface area (Å²) in [5, 5.41) is 5.75. The van der Waals surface area contributed by atoms with Crippen molar-refractivity contribution in [2.75, 3.05) is 18.4 Å². The van der Waals surface area contributed by atoms with Crippen LogP contribution < -0.4 is 10.6 Å². The van der Waals surface area contributed by atoms with Gasteiger partial charge in [0.2, 0.25) is 5.91 Å². The average Bonchev–Trinajstić information content (AvgIpc) is 3.00. The van der Waals surface area contributed by atoms with E-state index >= 15 is 0 Å². The smallest absolute Gasteiger partial charge is 0.319 e. The Bertz CT molecular complexity index is 810. The first-order chi connectivity index (χ1) is 13.3. The number of hydrogen-bond donors (Lipinski definition) is 2. The minimum absolute atomic E-state index is 0.0847. The Morgan fingerprint density at radius 3 is 2.39 bits per heavy atom. The molecule has 2 aromatic rings. The Kier molecular flexibility index (Phi) is 6.02. The zero-order valence-electron chi connectivity index (χ0n) is 16.9. The second-order valence-electron chi connectivity index (χ2n) is 8.49. The van der Waals surface area contributed by atoms with E-state index in [1.54, 1.807) is 0 Å². The summed E-state index contributed by atoms with van der Waals surface area (Å²) >= 11 is 0. The van der Waals surface area contributed by atoms with Crippen LogP contribution in [0, 0.1) is 5.92 Å². The maximum atomic E-state index is 12.2. The summed E-state index contributed by atoms with van der Waals surface area (Å²) in [6.07, 6.45) is 0.480. The Morgan fingerprint density at radius 1 is 1.07 bits per heavy atom. The predicted molar refractivity (Wildman–Crippen MR) is 112 cm³/mol. The molecule has 1 heterocycles. The zero-order valence-corrected chi connectivity index (χ0v) is 16.9. The monoisotopic (exact) mass is 379 g/mol. The third-order valence-corrected chi connectivity index (χ3v) is 5.07. The van der Waals surface area contributed by atoms with E-state index in [1.165, 1.54) is 5.56 Å². The number of urea groups is 1. The van der Waals surface area contributed by atoms with Gasteiger partial charge in [-0.15, -0.1) is 0 Å². The van der Waals surface area contributed by atoms with Gasteiger partial charge in [-0.1, -0.05) is 63.2 Å². The number of likely N-dealkylation sites (tertiary alicyclic amines) is 1. The highest BCUT2D eigenvalue weighted by molar-refractivity contribution is 5.89. The molecule has 0 radical (unpaired) electrons. The van der Waals surface area contributed by atoms with Crippen LogP contribution >= 0.6 is 0 Å². The Balaban J connectivity index is 1.45. The van der Waals surface area contributed by atoms with Crippen molar-refractivity contribution in [2.24, 2.45) is 5.92 Å². The fraction of sp³-hybridized carbons (Fsp3) is 0.391. The summed E-state index contributed by atoms with van der Waals surface area (Å²) in [6.45, 7) is 8.27. The van der Waals surface area contributed by atoms with Gasteiger partial charge in [-0.25, -0.2) is 4.79 Å². The molecule has 0 saturated carbocycles. The quantitative estimate of drug-likeness (QED) is 0.820. The van der Waals surface area contributed by atoms with Crippen LogP contribution in [0.3, 0.4) is 0 Å². The van der Waals surface area contributed by atoms with Gasteiger partial charge in [0, 0.05) is 37.7 Å². The molecule has 28 heavy (non-hydrogen) atoms. The first-order valence-corrected chi connectivity index (χ1v) is 9.78. The number of anilines is 1. The van der Waals surface area contributed by atoms with Gasteiger partial charge in [-0.05, 0) is 28.7 Å². The normalized spacial score (nSPS) is 16.9. The van der Waals surface area contributed by atoms with E-state index in [4.69, 9.17) is 0 Å². The number of hydrogen-bond acceptors (Lipinski definition) is 2. The van der Waals surface area contributed by atoms with Gasteiger partial charge in [0.05, 0.1) is 0 Å². The van der Waals surface area contributed by atoms with Crippen molar-refractivity contribution in [1.82, 2.24) is 10.2 Å². The van der Waals surface area contributed by atoms with Crippen molar-refractivity contribution >= 4 is 17.6 Å². The lowest BCUT2D eigenvalue weighted by Crippen LogP contribution is -2.34. The van der Waals surface area contributed by atoms with Crippen LogP contribution in [0.5, 0.6) is 0 Å². The Labute approximate surface area is 167 Å². The van der Waals surface area contributed by atoms with Crippen molar-refractivity contribution in [1.29, 1.82) is 0 Å². The maximum absolute atomic E-state index is 12.2. The second-order valence-corrected chi connectivity index (χ2v) is 8.49. The summed E-state index contributed by atoms with van der Waals surface area (Å²) in [5.41, 5.74) is 3.20. The van der Waals surface area contributed by atoms with Crippen LogP contribution in [-0.4, -0.2) is 29.9 Å². The molecule has 3 rings (SSSR count). The van der Waals surface area contributed by atoms with Crippen LogP contribution in [0.4, 0.5) is 10.5 Å². The summed E-state index contributed by atoms with van der Waals surface area (Å²) in [6, 6.07) is 17.6. The first-order valence-electron chi connectivity index (χ1n) is 9.78. The van der Waals surface area contributed by atoms with E-state index in [0.29, 0.717) is 26.1 Å². The first kappa shape index (κ1) is 19.9. The van der Waals surface area contributed by atoms with E-state index in [-0.39, 0.29) is 23.3 Å². The largest absolute Gasteiger partial charge is 0.338 e. The van der Waals surface area contributed by atoms with E-state index < -0.39 is 0 Å². The molecule has 2 aromatic carbocycles. The van der Waals surface area contributed by atoms with Crippen molar-refractivity contribution in [3.63, 3.8) is 0 Å². The molecule has 0 bridgehead atoms. The van der Waals surface area contributed by atoms with Gasteiger partial charge in [0.1, 0.15) is 0 Å². The average molecular weight is 380 g/mol. The molecule has 1 fully saturated rings. The molecule has 1 unspecified atom stereocenters. The summed E-state index contributed by atoms with van der Waals surface area (Å²) < 4.78 is 0. The Hall–Kier alpha value is -2.82. The van der Waals surface area contributed by atoms with E-state index in [0.717, 1.165) is 11.3 Å². The van der Waals surface area contributed by atoms with Crippen LogP contribution in [-0.2, 0) is 16.8 Å². The Morgan fingerprint density at radius 2 is 1.75 bits per heavy atom. The maximum Gasteiger partial charge on any atom is 0.319 e. The molecule has 1 aliphatic rings. The third-order valence-electron chi connectivity index (χ3n) is 5.07. The summed E-state index contributed by atoms with van der Waals surface area (Å²) in [4.78, 5) is 26.3. The van der Waals surface area contributed by atoms with E-state index in [9.17, 15) is 9.59 Å². The lowest BCUT2D eigenvalue weighted by Gasteiger charge is -2.19. The molecule has 5 heteroatoms. The highest BCUT2D eigenvalue weighted by atomic mass is 16.2. The highest BCUT2D eigenvalue weighted by Gasteiger charge is 2.29. The van der Waals surface area contributed by atoms with Crippen molar-refractivity contribution in [3.05, 3.63) is 65.7 Å². The fourth-order valence-corrected chi connectivity index (χ4v) is 3.41. The van der Waals surface area contributed by atoms with Gasteiger partial charge in [-0.3, -0.25) is 4.79 Å². The van der Waals surface area contributed by atoms with Crippen LogP contribution in [0.25, 0.3) is 0 Å². The lowest BCUT2D eigenvalue weighted by atomic mass is 9.87. The number of nitrogens with one attached hydrogen (secondary N) is 2.